The number of hydrogen-bond acceptors (Lipinski definition) is 4. The molecule has 0 spiro atoms. The molecule has 0 radical (unpaired) electrons. The molecule has 1 aliphatic rings. The fourth-order valence-corrected chi connectivity index (χ4v) is 4.42. The van der Waals surface area contributed by atoms with Gasteiger partial charge in [0.15, 0.2) is 15.8 Å². The quantitative estimate of drug-likeness (QED) is 0.464. The fraction of sp³-hybridized carbons (Fsp3) is 0.632. The molecular weight excluding hydrogens is 348 g/mol. The zero-order chi connectivity index (χ0) is 19.2. The van der Waals surface area contributed by atoms with Crippen molar-refractivity contribution in [2.45, 2.75) is 31.9 Å². The fourth-order valence-electron chi connectivity index (χ4n) is 3.05. The number of hydrogen-bond donors (Lipinski definition) is 1. The van der Waals surface area contributed by atoms with Crippen LogP contribution in [-0.2, 0) is 9.84 Å². The molecule has 1 saturated heterocycles. The van der Waals surface area contributed by atoms with Crippen molar-refractivity contribution in [3.63, 3.8) is 0 Å². The molecule has 0 bridgehead atoms. The van der Waals surface area contributed by atoms with Crippen LogP contribution in [0.3, 0.4) is 0 Å². The van der Waals surface area contributed by atoms with Crippen molar-refractivity contribution in [2.24, 2.45) is 4.99 Å². The summed E-state index contributed by atoms with van der Waals surface area (Å²) in [7, 11) is -0.955. The Kier molecular flexibility index (Phi) is 6.92. The van der Waals surface area contributed by atoms with Crippen LogP contribution in [0.4, 0.5) is 5.69 Å². The van der Waals surface area contributed by atoms with Gasteiger partial charge in [-0.1, -0.05) is 18.2 Å². The van der Waals surface area contributed by atoms with Gasteiger partial charge in [-0.2, -0.15) is 0 Å². The van der Waals surface area contributed by atoms with Crippen LogP contribution in [0.25, 0.3) is 0 Å². The zero-order valence-corrected chi connectivity index (χ0v) is 17.2. The highest BCUT2D eigenvalue weighted by Crippen LogP contribution is 2.23. The van der Waals surface area contributed by atoms with E-state index in [-0.39, 0.29) is 5.75 Å². The molecule has 0 aromatic heterocycles. The third kappa shape index (κ3) is 5.13. The minimum atomic E-state index is -3.04. The molecule has 0 atom stereocenters. The molecule has 26 heavy (non-hydrogen) atoms. The first-order chi connectivity index (χ1) is 12.3. The third-order valence-electron chi connectivity index (χ3n) is 4.79. The SMILES string of the molecule is CCNC(=NCCCN(C)c1ccccc1)N1CCS(=O)(=O)C(C)(C)C1. The van der Waals surface area contributed by atoms with Crippen molar-refractivity contribution >= 4 is 21.5 Å². The molecule has 0 saturated carbocycles. The molecule has 1 heterocycles. The van der Waals surface area contributed by atoms with Crippen molar-refractivity contribution in [2.75, 3.05) is 50.4 Å². The van der Waals surface area contributed by atoms with Gasteiger partial charge in [-0.05, 0) is 39.3 Å². The minimum Gasteiger partial charge on any atom is -0.375 e. The van der Waals surface area contributed by atoms with Gasteiger partial charge in [-0.3, -0.25) is 4.99 Å². The van der Waals surface area contributed by atoms with Crippen LogP contribution in [-0.4, -0.2) is 69.5 Å². The molecule has 1 N–H and O–H groups in total. The lowest BCUT2D eigenvalue weighted by Crippen LogP contribution is -2.57. The molecule has 7 heteroatoms. The Balaban J connectivity index is 1.93. The first kappa shape index (κ1) is 20.6. The van der Waals surface area contributed by atoms with Crippen LogP contribution in [0.1, 0.15) is 27.2 Å². The number of anilines is 1. The van der Waals surface area contributed by atoms with E-state index in [0.29, 0.717) is 19.6 Å². The number of aliphatic imine (C=N–C) groups is 1. The maximum absolute atomic E-state index is 12.2. The molecule has 0 amide bonds. The van der Waals surface area contributed by atoms with Gasteiger partial charge in [0.25, 0.3) is 0 Å². The van der Waals surface area contributed by atoms with E-state index < -0.39 is 14.6 Å². The van der Waals surface area contributed by atoms with Crippen LogP contribution in [0.5, 0.6) is 0 Å². The molecule has 0 unspecified atom stereocenters. The van der Waals surface area contributed by atoms with Crippen molar-refractivity contribution in [1.29, 1.82) is 0 Å². The van der Waals surface area contributed by atoms with E-state index in [4.69, 9.17) is 4.99 Å². The summed E-state index contributed by atoms with van der Waals surface area (Å²) in [6.45, 7) is 9.01. The van der Waals surface area contributed by atoms with Gasteiger partial charge >= 0.3 is 0 Å². The standard InChI is InChI=1S/C19H32N4O2S/c1-5-20-18(23-14-15-26(24,25)19(2,3)16-23)21-12-9-13-22(4)17-10-7-6-8-11-17/h6-8,10-11H,5,9,12-16H2,1-4H3,(H,20,21). The summed E-state index contributed by atoms with van der Waals surface area (Å²) < 4.78 is 23.7. The van der Waals surface area contributed by atoms with E-state index in [0.717, 1.165) is 25.5 Å². The molecule has 1 fully saturated rings. The van der Waals surface area contributed by atoms with Crippen LogP contribution in [0, 0.1) is 0 Å². The second kappa shape index (κ2) is 8.75. The summed E-state index contributed by atoms with van der Waals surface area (Å²) in [5.74, 6) is 0.999. The summed E-state index contributed by atoms with van der Waals surface area (Å²) in [5.41, 5.74) is 1.20. The van der Waals surface area contributed by atoms with Gasteiger partial charge in [0.1, 0.15) is 0 Å². The largest absolute Gasteiger partial charge is 0.375 e. The first-order valence-corrected chi connectivity index (χ1v) is 10.9. The predicted molar refractivity (Wildman–Crippen MR) is 110 cm³/mol. The lowest BCUT2D eigenvalue weighted by Gasteiger charge is -2.39. The summed E-state index contributed by atoms with van der Waals surface area (Å²) in [6.07, 6.45) is 0.940. The van der Waals surface area contributed by atoms with E-state index in [2.05, 4.69) is 34.3 Å². The van der Waals surface area contributed by atoms with Crippen LogP contribution in [0.15, 0.2) is 35.3 Å². The number of rotatable bonds is 6. The Morgan fingerprint density at radius 2 is 2.00 bits per heavy atom. The number of benzene rings is 1. The van der Waals surface area contributed by atoms with Gasteiger partial charge in [0.2, 0.25) is 0 Å². The Bertz CT molecular complexity index is 702. The predicted octanol–water partition coefficient (Wildman–Crippen LogP) is 1.99. The lowest BCUT2D eigenvalue weighted by atomic mass is 10.2. The minimum absolute atomic E-state index is 0.182. The molecule has 0 aliphatic carbocycles. The summed E-state index contributed by atoms with van der Waals surface area (Å²) in [5, 5.41) is 3.30. The number of nitrogens with zero attached hydrogens (tertiary/aromatic N) is 3. The van der Waals surface area contributed by atoms with Gasteiger partial charge in [-0.15, -0.1) is 0 Å². The Morgan fingerprint density at radius 3 is 2.62 bits per heavy atom. The van der Waals surface area contributed by atoms with Crippen molar-refractivity contribution in [3.05, 3.63) is 30.3 Å². The van der Waals surface area contributed by atoms with Gasteiger partial charge in [0.05, 0.1) is 10.5 Å². The van der Waals surface area contributed by atoms with E-state index in [1.54, 1.807) is 13.8 Å². The number of guanidine groups is 1. The Hall–Kier alpha value is -1.76. The Labute approximate surface area is 158 Å². The maximum atomic E-state index is 12.2. The van der Waals surface area contributed by atoms with Crippen LogP contribution < -0.4 is 10.2 Å². The molecule has 146 valence electrons. The summed E-state index contributed by atoms with van der Waals surface area (Å²) >= 11 is 0. The van der Waals surface area contributed by atoms with Crippen LogP contribution in [0.2, 0.25) is 0 Å². The van der Waals surface area contributed by atoms with Gasteiger partial charge in [0, 0.05) is 45.5 Å². The third-order valence-corrected chi connectivity index (χ3v) is 7.32. The monoisotopic (exact) mass is 380 g/mol. The number of para-hydroxylation sites is 1. The average molecular weight is 381 g/mol. The van der Waals surface area contributed by atoms with E-state index in [9.17, 15) is 8.42 Å². The summed E-state index contributed by atoms with van der Waals surface area (Å²) in [6, 6.07) is 10.3. The smallest absolute Gasteiger partial charge is 0.193 e. The van der Waals surface area contributed by atoms with Crippen molar-refractivity contribution in [3.8, 4) is 0 Å². The highest BCUT2D eigenvalue weighted by molar-refractivity contribution is 7.92. The summed E-state index contributed by atoms with van der Waals surface area (Å²) in [4.78, 5) is 9.02. The van der Waals surface area contributed by atoms with E-state index >= 15 is 0 Å². The van der Waals surface area contributed by atoms with E-state index in [1.165, 1.54) is 5.69 Å². The molecule has 6 nitrogen and oxygen atoms in total. The van der Waals surface area contributed by atoms with Crippen molar-refractivity contribution < 1.29 is 8.42 Å². The topological polar surface area (TPSA) is 65.0 Å². The normalized spacial score (nSPS) is 19.2. The average Bonchev–Trinajstić information content (AvgIpc) is 2.60. The second-order valence-electron chi connectivity index (χ2n) is 7.35. The molecule has 1 aromatic carbocycles. The maximum Gasteiger partial charge on any atom is 0.193 e. The van der Waals surface area contributed by atoms with Gasteiger partial charge in [-0.25, -0.2) is 8.42 Å². The zero-order valence-electron chi connectivity index (χ0n) is 16.4. The van der Waals surface area contributed by atoms with Gasteiger partial charge < -0.3 is 15.1 Å². The molecule has 1 aromatic rings. The Morgan fingerprint density at radius 1 is 1.31 bits per heavy atom. The van der Waals surface area contributed by atoms with Crippen LogP contribution >= 0.6 is 0 Å². The molecular formula is C19H32N4O2S. The molecule has 1 aliphatic heterocycles. The van der Waals surface area contributed by atoms with Crippen molar-refractivity contribution in [1.82, 2.24) is 10.2 Å². The lowest BCUT2D eigenvalue weighted by molar-refractivity contribution is 0.353. The number of nitrogens with one attached hydrogen (secondary N) is 1. The highest BCUT2D eigenvalue weighted by Gasteiger charge is 2.40. The first-order valence-electron chi connectivity index (χ1n) is 9.28. The molecule has 2 rings (SSSR count). The highest BCUT2D eigenvalue weighted by atomic mass is 32.2. The second-order valence-corrected chi connectivity index (χ2v) is 10.1. The number of sulfone groups is 1. The van der Waals surface area contributed by atoms with E-state index in [1.807, 2.05) is 25.1 Å².